The second kappa shape index (κ2) is 7.76. The average Bonchev–Trinajstić information content (AvgIpc) is 3.35. The average molecular weight is 391 g/mol. The van der Waals surface area contributed by atoms with Crippen LogP contribution in [0, 0.1) is 6.92 Å². The van der Waals surface area contributed by atoms with Gasteiger partial charge >= 0.3 is 0 Å². The van der Waals surface area contributed by atoms with Gasteiger partial charge in [0.2, 0.25) is 0 Å². The van der Waals surface area contributed by atoms with E-state index in [1.807, 2.05) is 12.3 Å². The minimum atomic E-state index is 0.401. The third kappa shape index (κ3) is 3.63. The Labute approximate surface area is 172 Å². The number of likely N-dealkylation sites (tertiary alicyclic amines) is 1. The van der Waals surface area contributed by atoms with Crippen molar-refractivity contribution in [1.29, 1.82) is 0 Å². The lowest BCUT2D eigenvalue weighted by molar-refractivity contribution is 0.241. The van der Waals surface area contributed by atoms with Crippen molar-refractivity contribution in [2.24, 2.45) is 0 Å². The Morgan fingerprint density at radius 2 is 1.90 bits per heavy atom. The summed E-state index contributed by atoms with van der Waals surface area (Å²) in [6.07, 6.45) is 6.56. The first-order chi connectivity index (χ1) is 14.2. The maximum atomic E-state index is 4.96. The minimum Gasteiger partial charge on any atom is -0.355 e. The maximum Gasteiger partial charge on any atom is 0.138 e. The number of aromatic nitrogens is 3. The van der Waals surface area contributed by atoms with E-state index in [1.165, 1.54) is 29.9 Å². The van der Waals surface area contributed by atoms with Crippen LogP contribution in [0.4, 0.5) is 5.82 Å². The molecule has 0 radical (unpaired) electrons. The van der Waals surface area contributed by atoms with Crippen molar-refractivity contribution in [3.8, 4) is 0 Å². The summed E-state index contributed by atoms with van der Waals surface area (Å²) in [5.41, 5.74) is 4.71. The van der Waals surface area contributed by atoms with Gasteiger partial charge in [-0.2, -0.15) is 0 Å². The number of nitrogens with zero attached hydrogens (tertiary/aromatic N) is 6. The first kappa shape index (κ1) is 18.6. The summed E-state index contributed by atoms with van der Waals surface area (Å²) >= 11 is 0. The number of hydrogen-bond donors (Lipinski definition) is 0. The fraction of sp³-hybridized carbons (Fsp3) is 0.478. The summed E-state index contributed by atoms with van der Waals surface area (Å²) in [6, 6.07) is 11.1. The molecule has 1 unspecified atom stereocenters. The number of anilines is 1. The molecule has 0 saturated carbocycles. The first-order valence-corrected chi connectivity index (χ1v) is 10.7. The SMILES string of the molecule is Cc1cccnc1C1CCCN1Cc1cn2c(N3CCN(C)CC3)cccc2n1. The molecule has 2 saturated heterocycles. The molecule has 6 nitrogen and oxygen atoms in total. The number of likely N-dealkylation sites (N-methyl/N-ethyl adjacent to an activating group) is 1. The molecule has 0 aromatic carbocycles. The Balaban J connectivity index is 1.40. The summed E-state index contributed by atoms with van der Waals surface area (Å²) in [7, 11) is 2.20. The van der Waals surface area contributed by atoms with Crippen LogP contribution in [0.1, 0.15) is 35.8 Å². The standard InChI is InChI=1S/C23H30N6/c1-18-6-4-10-24-23(18)20-7-5-11-28(20)16-19-17-29-21(25-19)8-3-9-22(29)27-14-12-26(2)13-15-27/h3-4,6,8-10,17,20H,5,7,11-16H2,1-2H3. The van der Waals surface area contributed by atoms with Gasteiger partial charge in [0.05, 0.1) is 17.4 Å². The predicted molar refractivity (Wildman–Crippen MR) is 116 cm³/mol. The van der Waals surface area contributed by atoms with Gasteiger partial charge in [0.25, 0.3) is 0 Å². The van der Waals surface area contributed by atoms with E-state index < -0.39 is 0 Å². The topological polar surface area (TPSA) is 39.9 Å². The molecule has 2 fully saturated rings. The number of pyridine rings is 2. The molecule has 3 aromatic rings. The lowest BCUT2D eigenvalue weighted by Crippen LogP contribution is -2.45. The zero-order valence-corrected chi connectivity index (χ0v) is 17.5. The van der Waals surface area contributed by atoms with Crippen molar-refractivity contribution < 1.29 is 0 Å². The zero-order valence-electron chi connectivity index (χ0n) is 17.5. The number of imidazole rings is 1. The molecule has 3 aromatic heterocycles. The van der Waals surface area contributed by atoms with E-state index in [9.17, 15) is 0 Å². The molecule has 0 spiro atoms. The number of hydrogen-bond acceptors (Lipinski definition) is 5. The van der Waals surface area contributed by atoms with E-state index in [-0.39, 0.29) is 0 Å². The van der Waals surface area contributed by atoms with Crippen molar-refractivity contribution in [3.63, 3.8) is 0 Å². The quantitative estimate of drug-likeness (QED) is 0.685. The van der Waals surface area contributed by atoms with Gasteiger partial charge in [-0.1, -0.05) is 12.1 Å². The first-order valence-electron chi connectivity index (χ1n) is 10.7. The van der Waals surface area contributed by atoms with E-state index >= 15 is 0 Å². The van der Waals surface area contributed by atoms with Crippen molar-refractivity contribution in [3.05, 3.63) is 59.7 Å². The van der Waals surface area contributed by atoms with Crippen LogP contribution in [0.2, 0.25) is 0 Å². The molecule has 2 aliphatic heterocycles. The summed E-state index contributed by atoms with van der Waals surface area (Å²) in [5, 5.41) is 0. The normalized spacial score (nSPS) is 21.3. The Hall–Kier alpha value is -2.44. The van der Waals surface area contributed by atoms with E-state index in [0.717, 1.165) is 50.6 Å². The highest BCUT2D eigenvalue weighted by Gasteiger charge is 2.28. The van der Waals surface area contributed by atoms with Crippen LogP contribution < -0.4 is 4.90 Å². The maximum absolute atomic E-state index is 4.96. The Morgan fingerprint density at radius 3 is 2.72 bits per heavy atom. The third-order valence-electron chi connectivity index (χ3n) is 6.44. The highest BCUT2D eigenvalue weighted by molar-refractivity contribution is 5.53. The molecule has 1 atom stereocenters. The van der Waals surface area contributed by atoms with Crippen LogP contribution in [0.5, 0.6) is 0 Å². The molecule has 0 amide bonds. The molecule has 152 valence electrons. The molecule has 5 rings (SSSR count). The van der Waals surface area contributed by atoms with Gasteiger partial charge in [-0.05, 0) is 57.1 Å². The summed E-state index contributed by atoms with van der Waals surface area (Å²) < 4.78 is 2.28. The fourth-order valence-corrected chi connectivity index (χ4v) is 4.80. The molecule has 0 bridgehead atoms. The van der Waals surface area contributed by atoms with Crippen LogP contribution in [-0.2, 0) is 6.54 Å². The van der Waals surface area contributed by atoms with Gasteiger partial charge in [0.15, 0.2) is 0 Å². The van der Waals surface area contributed by atoms with Crippen LogP contribution in [0.15, 0.2) is 42.7 Å². The van der Waals surface area contributed by atoms with Gasteiger partial charge in [0, 0.05) is 45.1 Å². The lowest BCUT2D eigenvalue weighted by atomic mass is 10.1. The number of fused-ring (bicyclic) bond motifs is 1. The van der Waals surface area contributed by atoms with E-state index in [1.54, 1.807) is 0 Å². The van der Waals surface area contributed by atoms with Gasteiger partial charge in [0.1, 0.15) is 11.5 Å². The third-order valence-corrected chi connectivity index (χ3v) is 6.44. The number of piperazine rings is 1. The second-order valence-corrected chi connectivity index (χ2v) is 8.47. The molecule has 5 heterocycles. The number of aryl methyl sites for hydroxylation is 1. The minimum absolute atomic E-state index is 0.401. The van der Waals surface area contributed by atoms with Crippen molar-refractivity contribution in [2.75, 3.05) is 44.7 Å². The largest absolute Gasteiger partial charge is 0.355 e. The Morgan fingerprint density at radius 1 is 1.03 bits per heavy atom. The van der Waals surface area contributed by atoms with Gasteiger partial charge < -0.3 is 9.80 Å². The number of rotatable bonds is 4. The highest BCUT2D eigenvalue weighted by atomic mass is 15.3. The van der Waals surface area contributed by atoms with Crippen molar-refractivity contribution in [2.45, 2.75) is 32.4 Å². The van der Waals surface area contributed by atoms with Gasteiger partial charge in [-0.25, -0.2) is 4.98 Å². The summed E-state index contributed by atoms with van der Waals surface area (Å²) in [6.45, 7) is 8.51. The van der Waals surface area contributed by atoms with E-state index in [2.05, 4.69) is 63.5 Å². The molecule has 6 heteroatoms. The van der Waals surface area contributed by atoms with Gasteiger partial charge in [-0.3, -0.25) is 14.3 Å². The van der Waals surface area contributed by atoms with E-state index in [0.29, 0.717) is 6.04 Å². The molecule has 29 heavy (non-hydrogen) atoms. The molecule has 2 aliphatic rings. The summed E-state index contributed by atoms with van der Waals surface area (Å²) in [5.74, 6) is 1.26. The van der Waals surface area contributed by atoms with E-state index in [4.69, 9.17) is 9.97 Å². The fourth-order valence-electron chi connectivity index (χ4n) is 4.80. The Bertz CT molecular complexity index is 988. The van der Waals surface area contributed by atoms with Crippen molar-refractivity contribution in [1.82, 2.24) is 24.2 Å². The lowest BCUT2D eigenvalue weighted by Gasteiger charge is -2.34. The summed E-state index contributed by atoms with van der Waals surface area (Å²) in [4.78, 5) is 17.1. The molecule has 0 aliphatic carbocycles. The molecular weight excluding hydrogens is 360 g/mol. The van der Waals surface area contributed by atoms with Crippen LogP contribution >= 0.6 is 0 Å². The van der Waals surface area contributed by atoms with Crippen LogP contribution in [0.25, 0.3) is 5.65 Å². The molecular formula is C23H30N6. The zero-order chi connectivity index (χ0) is 19.8. The smallest absolute Gasteiger partial charge is 0.138 e. The van der Waals surface area contributed by atoms with Gasteiger partial charge in [-0.15, -0.1) is 0 Å². The predicted octanol–water partition coefficient (Wildman–Crippen LogP) is 3.13. The van der Waals surface area contributed by atoms with Crippen LogP contribution in [-0.4, -0.2) is 63.9 Å². The Kier molecular flexibility index (Phi) is 4.97. The molecule has 0 N–H and O–H groups in total. The second-order valence-electron chi connectivity index (χ2n) is 8.47. The monoisotopic (exact) mass is 390 g/mol. The highest BCUT2D eigenvalue weighted by Crippen LogP contribution is 2.33. The van der Waals surface area contributed by atoms with Crippen LogP contribution in [0.3, 0.4) is 0 Å². The van der Waals surface area contributed by atoms with Crippen molar-refractivity contribution >= 4 is 11.5 Å².